The summed E-state index contributed by atoms with van der Waals surface area (Å²) in [5.74, 6) is 1.66. The molecule has 24 heavy (non-hydrogen) atoms. The maximum absolute atomic E-state index is 12.5. The lowest BCUT2D eigenvalue weighted by Crippen LogP contribution is -2.39. The molecule has 4 rings (SSSR count). The number of amides is 1. The number of fused-ring (bicyclic) bond motifs is 2. The molecular weight excluding hydrogens is 347 g/mol. The zero-order valence-electron chi connectivity index (χ0n) is 13.7. The number of benzene rings is 1. The van der Waals surface area contributed by atoms with Crippen molar-refractivity contribution in [2.45, 2.75) is 51.1 Å². The standard InChI is InChI=1S/C17H22N4O.2ClH/c1-10-18-14-7-6-12(9-15(14)19-10)20-17(22)16-8-11-4-2-3-5-13(11)21-16;;/h6-7,9,11,13,16,21H,2-5,8H2,1H3,(H,18,19)(H,20,22);2*1H. The first kappa shape index (κ1) is 19.0. The van der Waals surface area contributed by atoms with Crippen molar-refractivity contribution in [3.63, 3.8) is 0 Å². The zero-order valence-corrected chi connectivity index (χ0v) is 15.3. The number of aromatic amines is 1. The van der Waals surface area contributed by atoms with Crippen molar-refractivity contribution in [3.05, 3.63) is 24.0 Å². The third-order valence-electron chi connectivity index (χ3n) is 5.05. The number of nitrogens with zero attached hydrogens (tertiary/aromatic N) is 1. The molecule has 1 saturated heterocycles. The van der Waals surface area contributed by atoms with Crippen molar-refractivity contribution in [2.24, 2.45) is 5.92 Å². The first-order chi connectivity index (χ1) is 10.7. The van der Waals surface area contributed by atoms with Gasteiger partial charge in [-0.25, -0.2) is 4.98 Å². The Balaban J connectivity index is 0.00000104. The first-order valence-corrected chi connectivity index (χ1v) is 8.22. The predicted octanol–water partition coefficient (Wildman–Crippen LogP) is 3.57. The van der Waals surface area contributed by atoms with Crippen LogP contribution in [0.2, 0.25) is 0 Å². The highest BCUT2D eigenvalue weighted by molar-refractivity contribution is 5.96. The molecular formula is C17H24Cl2N4O. The third-order valence-corrected chi connectivity index (χ3v) is 5.05. The van der Waals surface area contributed by atoms with Crippen LogP contribution in [-0.2, 0) is 4.79 Å². The number of carbonyl (C=O) groups excluding carboxylic acids is 1. The van der Waals surface area contributed by atoms with Gasteiger partial charge in [0.2, 0.25) is 5.91 Å². The minimum absolute atomic E-state index is 0. The van der Waals surface area contributed by atoms with E-state index < -0.39 is 0 Å². The molecule has 1 amide bonds. The van der Waals surface area contributed by atoms with Crippen molar-refractivity contribution in [1.82, 2.24) is 15.3 Å². The predicted molar refractivity (Wildman–Crippen MR) is 101 cm³/mol. The summed E-state index contributed by atoms with van der Waals surface area (Å²) in [6.07, 6.45) is 6.06. The van der Waals surface area contributed by atoms with Crippen molar-refractivity contribution >= 4 is 47.4 Å². The number of hydrogen-bond acceptors (Lipinski definition) is 3. The summed E-state index contributed by atoms with van der Waals surface area (Å²) in [6, 6.07) is 6.31. The number of rotatable bonds is 2. The van der Waals surface area contributed by atoms with Crippen LogP contribution in [0.4, 0.5) is 5.69 Å². The largest absolute Gasteiger partial charge is 0.342 e. The Kier molecular flexibility index (Phi) is 6.12. The SMILES string of the molecule is Cc1nc2ccc(NC(=O)C3CC4CCCCC4N3)cc2[nH]1.Cl.Cl. The van der Waals surface area contributed by atoms with Gasteiger partial charge in [0.1, 0.15) is 5.82 Å². The van der Waals surface area contributed by atoms with Gasteiger partial charge in [-0.15, -0.1) is 24.8 Å². The second kappa shape index (κ2) is 7.72. The van der Waals surface area contributed by atoms with Crippen LogP contribution >= 0.6 is 24.8 Å². The molecule has 1 aromatic carbocycles. The van der Waals surface area contributed by atoms with Gasteiger partial charge in [-0.3, -0.25) is 4.79 Å². The molecule has 5 nitrogen and oxygen atoms in total. The van der Waals surface area contributed by atoms with Gasteiger partial charge in [0, 0.05) is 11.7 Å². The number of halogens is 2. The first-order valence-electron chi connectivity index (χ1n) is 8.22. The van der Waals surface area contributed by atoms with E-state index in [1.807, 2.05) is 25.1 Å². The van der Waals surface area contributed by atoms with E-state index in [-0.39, 0.29) is 36.8 Å². The molecule has 1 saturated carbocycles. The highest BCUT2D eigenvalue weighted by atomic mass is 35.5. The van der Waals surface area contributed by atoms with Crippen LogP contribution in [0.5, 0.6) is 0 Å². The number of nitrogens with one attached hydrogen (secondary N) is 3. The van der Waals surface area contributed by atoms with Crippen LogP contribution in [0.3, 0.4) is 0 Å². The monoisotopic (exact) mass is 370 g/mol. The quantitative estimate of drug-likeness (QED) is 0.756. The van der Waals surface area contributed by atoms with Crippen molar-refractivity contribution in [2.75, 3.05) is 5.32 Å². The summed E-state index contributed by atoms with van der Waals surface area (Å²) in [6.45, 7) is 1.93. The van der Waals surface area contributed by atoms with Crippen LogP contribution in [0, 0.1) is 12.8 Å². The Morgan fingerprint density at radius 2 is 2.04 bits per heavy atom. The molecule has 0 bridgehead atoms. The van der Waals surface area contributed by atoms with Gasteiger partial charge >= 0.3 is 0 Å². The molecule has 2 aromatic rings. The van der Waals surface area contributed by atoms with Crippen LogP contribution in [0.1, 0.15) is 37.9 Å². The highest BCUT2D eigenvalue weighted by Gasteiger charge is 2.38. The number of aryl methyl sites for hydroxylation is 1. The van der Waals surface area contributed by atoms with Crippen LogP contribution in [-0.4, -0.2) is 28.0 Å². The molecule has 2 heterocycles. The second-order valence-electron chi connectivity index (χ2n) is 6.65. The Morgan fingerprint density at radius 3 is 2.83 bits per heavy atom. The maximum atomic E-state index is 12.5. The van der Waals surface area contributed by atoms with Gasteiger partial charge < -0.3 is 15.6 Å². The molecule has 2 fully saturated rings. The minimum Gasteiger partial charge on any atom is -0.342 e. The van der Waals surface area contributed by atoms with E-state index >= 15 is 0 Å². The molecule has 1 aliphatic heterocycles. The van der Waals surface area contributed by atoms with Gasteiger partial charge in [0.15, 0.2) is 0 Å². The summed E-state index contributed by atoms with van der Waals surface area (Å²) in [5.41, 5.74) is 2.72. The van der Waals surface area contributed by atoms with Crippen LogP contribution < -0.4 is 10.6 Å². The van der Waals surface area contributed by atoms with E-state index in [4.69, 9.17) is 0 Å². The third kappa shape index (κ3) is 3.68. The molecule has 1 aliphatic carbocycles. The summed E-state index contributed by atoms with van der Waals surface area (Å²) >= 11 is 0. The highest BCUT2D eigenvalue weighted by Crippen LogP contribution is 2.33. The number of anilines is 1. The van der Waals surface area contributed by atoms with E-state index in [1.54, 1.807) is 0 Å². The minimum atomic E-state index is -0.0488. The van der Waals surface area contributed by atoms with E-state index in [0.29, 0.717) is 12.0 Å². The van der Waals surface area contributed by atoms with Crippen molar-refractivity contribution < 1.29 is 4.79 Å². The lowest BCUT2D eigenvalue weighted by atomic mass is 9.85. The lowest BCUT2D eigenvalue weighted by Gasteiger charge is -2.24. The van der Waals surface area contributed by atoms with E-state index in [9.17, 15) is 4.79 Å². The molecule has 1 aromatic heterocycles. The number of carbonyl (C=O) groups is 1. The fourth-order valence-electron chi connectivity index (χ4n) is 3.97. The number of aromatic nitrogens is 2. The molecule has 3 atom stereocenters. The maximum Gasteiger partial charge on any atom is 0.241 e. The Morgan fingerprint density at radius 1 is 1.25 bits per heavy atom. The fraction of sp³-hybridized carbons (Fsp3) is 0.529. The van der Waals surface area contributed by atoms with E-state index in [1.165, 1.54) is 25.7 Å². The van der Waals surface area contributed by atoms with Crippen molar-refractivity contribution in [1.29, 1.82) is 0 Å². The fourth-order valence-corrected chi connectivity index (χ4v) is 3.97. The lowest BCUT2D eigenvalue weighted by molar-refractivity contribution is -0.117. The normalized spacial score (nSPS) is 25.5. The molecule has 0 radical (unpaired) electrons. The van der Waals surface area contributed by atoms with E-state index in [2.05, 4.69) is 20.6 Å². The number of H-pyrrole nitrogens is 1. The second-order valence-corrected chi connectivity index (χ2v) is 6.65. The summed E-state index contributed by atoms with van der Waals surface area (Å²) in [5, 5.41) is 6.57. The van der Waals surface area contributed by atoms with Gasteiger partial charge in [-0.1, -0.05) is 12.8 Å². The summed E-state index contributed by atoms with van der Waals surface area (Å²) < 4.78 is 0. The number of hydrogen-bond donors (Lipinski definition) is 3. The Labute approximate surface area is 154 Å². The summed E-state index contributed by atoms with van der Waals surface area (Å²) in [4.78, 5) is 20.1. The van der Waals surface area contributed by atoms with Gasteiger partial charge in [-0.05, 0) is 50.3 Å². The summed E-state index contributed by atoms with van der Waals surface area (Å²) in [7, 11) is 0. The number of imidazole rings is 1. The smallest absolute Gasteiger partial charge is 0.241 e. The van der Waals surface area contributed by atoms with Gasteiger partial charge in [0.05, 0.1) is 17.1 Å². The average Bonchev–Trinajstić information content (AvgIpc) is 3.08. The molecule has 2 aliphatic rings. The van der Waals surface area contributed by atoms with E-state index in [0.717, 1.165) is 29.0 Å². The van der Waals surface area contributed by atoms with Crippen LogP contribution in [0.15, 0.2) is 18.2 Å². The Bertz CT molecular complexity index is 704. The zero-order chi connectivity index (χ0) is 15.1. The molecule has 3 N–H and O–H groups in total. The molecule has 3 unspecified atom stereocenters. The molecule has 132 valence electrons. The van der Waals surface area contributed by atoms with Gasteiger partial charge in [-0.2, -0.15) is 0 Å². The van der Waals surface area contributed by atoms with Crippen molar-refractivity contribution in [3.8, 4) is 0 Å². The molecule has 0 spiro atoms. The average molecular weight is 371 g/mol. The van der Waals surface area contributed by atoms with Crippen LogP contribution in [0.25, 0.3) is 11.0 Å². The Hall–Kier alpha value is -1.30. The van der Waals surface area contributed by atoms with Gasteiger partial charge in [0.25, 0.3) is 0 Å². The molecule has 7 heteroatoms. The topological polar surface area (TPSA) is 69.8 Å².